The summed E-state index contributed by atoms with van der Waals surface area (Å²) in [5, 5.41) is 0.997. The maximum Gasteiger partial charge on any atom is 0.139 e. The van der Waals surface area contributed by atoms with Gasteiger partial charge < -0.3 is 10.6 Å². The molecule has 1 aromatic carbocycles. The molecule has 2 aromatic heterocycles. The second-order valence-electron chi connectivity index (χ2n) is 4.98. The highest BCUT2D eigenvalue weighted by Crippen LogP contribution is 2.32. The average molecular weight is 321 g/mol. The van der Waals surface area contributed by atoms with Crippen LogP contribution in [0.5, 0.6) is 0 Å². The molecule has 2 heterocycles. The molecule has 2 N–H and O–H groups in total. The summed E-state index contributed by atoms with van der Waals surface area (Å²) in [6.07, 6.45) is 1.96. The molecular weight excluding hydrogens is 307 g/mol. The zero-order valence-electron chi connectivity index (χ0n) is 11.6. The summed E-state index contributed by atoms with van der Waals surface area (Å²) in [5.41, 5.74) is 9.62. The van der Waals surface area contributed by atoms with Crippen LogP contribution in [0.3, 0.4) is 0 Å². The van der Waals surface area contributed by atoms with Crippen LogP contribution in [-0.4, -0.2) is 23.5 Å². The van der Waals surface area contributed by atoms with Crippen LogP contribution in [0, 0.1) is 0 Å². The van der Waals surface area contributed by atoms with Crippen molar-refractivity contribution in [2.75, 3.05) is 24.7 Å². The molecule has 0 amide bonds. The number of imidazole rings is 1. The first-order valence-electron chi connectivity index (χ1n) is 6.37. The van der Waals surface area contributed by atoms with Crippen LogP contribution in [0.25, 0.3) is 16.9 Å². The summed E-state index contributed by atoms with van der Waals surface area (Å²) in [5.74, 6) is 0.576. The average Bonchev–Trinajstić information content (AvgIpc) is 2.79. The zero-order chi connectivity index (χ0) is 15.1. The summed E-state index contributed by atoms with van der Waals surface area (Å²) < 4.78 is 1.87. The molecule has 108 valence electrons. The Morgan fingerprint density at radius 1 is 1.10 bits per heavy atom. The Morgan fingerprint density at radius 3 is 2.52 bits per heavy atom. The second kappa shape index (κ2) is 5.13. The van der Waals surface area contributed by atoms with Crippen molar-refractivity contribution in [2.24, 2.45) is 0 Å². The lowest BCUT2D eigenvalue weighted by Gasteiger charge is -2.12. The number of benzene rings is 1. The number of pyridine rings is 1. The van der Waals surface area contributed by atoms with Crippen LogP contribution in [0.15, 0.2) is 36.5 Å². The van der Waals surface area contributed by atoms with Gasteiger partial charge in [0.05, 0.1) is 15.7 Å². The molecule has 3 aromatic rings. The largest absolute Gasteiger partial charge is 0.383 e. The standard InChI is InChI=1S/C15H14Cl2N4/c1-20(2)10-4-6-13-19-14(15(18)21(13)8-10)9-3-5-11(16)12(17)7-9/h3-8H,18H2,1-2H3. The third kappa shape index (κ3) is 2.41. The Kier molecular flexibility index (Phi) is 3.43. The van der Waals surface area contributed by atoms with E-state index in [1.165, 1.54) is 0 Å². The lowest BCUT2D eigenvalue weighted by Crippen LogP contribution is -2.09. The normalized spacial score (nSPS) is 11.0. The van der Waals surface area contributed by atoms with Crippen molar-refractivity contribution in [3.05, 3.63) is 46.6 Å². The monoisotopic (exact) mass is 320 g/mol. The highest BCUT2D eigenvalue weighted by Gasteiger charge is 2.13. The van der Waals surface area contributed by atoms with Crippen LogP contribution in [-0.2, 0) is 0 Å². The highest BCUT2D eigenvalue weighted by molar-refractivity contribution is 6.42. The highest BCUT2D eigenvalue weighted by atomic mass is 35.5. The molecule has 0 aliphatic rings. The summed E-state index contributed by atoms with van der Waals surface area (Å²) in [6, 6.07) is 9.31. The number of hydrogen-bond acceptors (Lipinski definition) is 3. The number of halogens is 2. The third-order valence-corrected chi connectivity index (χ3v) is 4.09. The number of nitrogens with two attached hydrogens (primary N) is 1. The fourth-order valence-electron chi connectivity index (χ4n) is 2.17. The molecule has 0 atom stereocenters. The van der Waals surface area contributed by atoms with E-state index < -0.39 is 0 Å². The van der Waals surface area contributed by atoms with Gasteiger partial charge in [0.15, 0.2) is 0 Å². The van der Waals surface area contributed by atoms with Gasteiger partial charge in [-0.1, -0.05) is 29.3 Å². The van der Waals surface area contributed by atoms with E-state index in [4.69, 9.17) is 28.9 Å². The van der Waals surface area contributed by atoms with Crippen LogP contribution < -0.4 is 10.6 Å². The maximum absolute atomic E-state index is 6.23. The predicted molar refractivity (Wildman–Crippen MR) is 89.4 cm³/mol. The maximum atomic E-state index is 6.23. The van der Waals surface area contributed by atoms with E-state index in [9.17, 15) is 0 Å². The molecule has 0 fully saturated rings. The molecule has 0 saturated carbocycles. The van der Waals surface area contributed by atoms with Crippen LogP contribution in [0.2, 0.25) is 10.0 Å². The Bertz CT molecular complexity index is 824. The Labute approximate surface area is 132 Å². The smallest absolute Gasteiger partial charge is 0.139 e. The minimum atomic E-state index is 0.486. The van der Waals surface area contributed by atoms with E-state index in [0.717, 1.165) is 16.9 Å². The van der Waals surface area contributed by atoms with E-state index in [0.29, 0.717) is 21.6 Å². The lowest BCUT2D eigenvalue weighted by molar-refractivity contribution is 1.09. The van der Waals surface area contributed by atoms with Crippen molar-refractivity contribution in [3.63, 3.8) is 0 Å². The zero-order valence-corrected chi connectivity index (χ0v) is 13.2. The van der Waals surface area contributed by atoms with Gasteiger partial charge in [0, 0.05) is 25.9 Å². The van der Waals surface area contributed by atoms with Gasteiger partial charge in [0.2, 0.25) is 0 Å². The Balaban J connectivity index is 2.19. The first kappa shape index (κ1) is 14.0. The van der Waals surface area contributed by atoms with Gasteiger partial charge in [-0.25, -0.2) is 4.98 Å². The fourth-order valence-corrected chi connectivity index (χ4v) is 2.47. The van der Waals surface area contributed by atoms with Crippen molar-refractivity contribution in [1.82, 2.24) is 9.38 Å². The summed E-state index contributed by atoms with van der Waals surface area (Å²) in [7, 11) is 3.96. The number of anilines is 2. The van der Waals surface area contributed by atoms with Gasteiger partial charge in [0.1, 0.15) is 17.2 Å². The summed E-state index contributed by atoms with van der Waals surface area (Å²) >= 11 is 12.0. The number of nitrogen functional groups attached to an aromatic ring is 1. The van der Waals surface area contributed by atoms with Crippen molar-refractivity contribution in [2.45, 2.75) is 0 Å². The number of nitrogens with zero attached hydrogens (tertiary/aromatic N) is 3. The molecule has 0 bridgehead atoms. The summed E-state index contributed by atoms with van der Waals surface area (Å²) in [4.78, 5) is 6.58. The molecule has 21 heavy (non-hydrogen) atoms. The molecule has 0 aliphatic heterocycles. The molecule has 0 saturated heterocycles. The topological polar surface area (TPSA) is 46.6 Å². The SMILES string of the molecule is CN(C)c1ccc2nc(-c3ccc(Cl)c(Cl)c3)c(N)n2c1. The van der Waals surface area contributed by atoms with Gasteiger partial charge in [-0.05, 0) is 24.3 Å². The molecule has 0 aliphatic carbocycles. The summed E-state index contributed by atoms with van der Waals surface area (Å²) in [6.45, 7) is 0. The second-order valence-corrected chi connectivity index (χ2v) is 5.80. The molecule has 0 radical (unpaired) electrons. The molecular formula is C15H14Cl2N4. The minimum Gasteiger partial charge on any atom is -0.383 e. The number of hydrogen-bond donors (Lipinski definition) is 1. The van der Waals surface area contributed by atoms with Crippen molar-refractivity contribution in [1.29, 1.82) is 0 Å². The van der Waals surface area contributed by atoms with Gasteiger partial charge in [-0.2, -0.15) is 0 Å². The van der Waals surface area contributed by atoms with Crippen molar-refractivity contribution in [3.8, 4) is 11.3 Å². The molecule has 4 nitrogen and oxygen atoms in total. The minimum absolute atomic E-state index is 0.486. The third-order valence-electron chi connectivity index (χ3n) is 3.35. The van der Waals surface area contributed by atoms with Crippen LogP contribution in [0.1, 0.15) is 0 Å². The first-order chi connectivity index (χ1) is 9.97. The first-order valence-corrected chi connectivity index (χ1v) is 7.13. The van der Waals surface area contributed by atoms with Gasteiger partial charge in [-0.15, -0.1) is 0 Å². The van der Waals surface area contributed by atoms with Gasteiger partial charge >= 0.3 is 0 Å². The van der Waals surface area contributed by atoms with Crippen LogP contribution >= 0.6 is 23.2 Å². The number of rotatable bonds is 2. The number of aromatic nitrogens is 2. The lowest BCUT2D eigenvalue weighted by atomic mass is 10.1. The predicted octanol–water partition coefficient (Wildman–Crippen LogP) is 3.96. The molecule has 0 unspecified atom stereocenters. The van der Waals surface area contributed by atoms with E-state index in [1.807, 2.05) is 47.8 Å². The molecule has 6 heteroatoms. The van der Waals surface area contributed by atoms with Gasteiger partial charge in [0.25, 0.3) is 0 Å². The fraction of sp³-hybridized carbons (Fsp3) is 0.133. The molecule has 3 rings (SSSR count). The van der Waals surface area contributed by atoms with E-state index in [-0.39, 0.29) is 0 Å². The Hall–Kier alpha value is -1.91. The Morgan fingerprint density at radius 2 is 1.86 bits per heavy atom. The quantitative estimate of drug-likeness (QED) is 0.777. The van der Waals surface area contributed by atoms with Crippen LogP contribution in [0.4, 0.5) is 11.5 Å². The van der Waals surface area contributed by atoms with Crippen molar-refractivity contribution >= 4 is 40.4 Å². The van der Waals surface area contributed by atoms with Crippen molar-refractivity contribution < 1.29 is 0 Å². The van der Waals surface area contributed by atoms with E-state index in [1.54, 1.807) is 12.1 Å². The molecule has 0 spiro atoms. The number of fused-ring (bicyclic) bond motifs is 1. The van der Waals surface area contributed by atoms with Gasteiger partial charge in [-0.3, -0.25) is 4.40 Å². The van der Waals surface area contributed by atoms with E-state index >= 15 is 0 Å². The van der Waals surface area contributed by atoms with E-state index in [2.05, 4.69) is 4.98 Å².